The van der Waals surface area contributed by atoms with Gasteiger partial charge in [-0.15, -0.1) is 0 Å². The second-order valence-electron chi connectivity index (χ2n) is 9.77. The molecule has 0 aliphatic carbocycles. The molecule has 2 aromatic carbocycles. The fraction of sp³-hybridized carbons (Fsp3) is 0.276. The molecule has 0 spiro atoms. The van der Waals surface area contributed by atoms with Crippen molar-refractivity contribution in [2.45, 2.75) is 11.3 Å². The highest BCUT2D eigenvalue weighted by Crippen LogP contribution is 2.29. The average molecular weight is 528 g/mol. The second-order valence-corrected chi connectivity index (χ2v) is 11.7. The SMILES string of the molecule is O=C(C1CCN(S(=O)(=O)c2ccc(-c3cccnc3)cc2)C1)N1CCN(c2ccnc3ccccc23)CC1. The topological polar surface area (TPSA) is 86.7 Å². The van der Waals surface area contributed by atoms with Crippen LogP contribution in [0.25, 0.3) is 22.0 Å². The number of benzene rings is 2. The number of rotatable bonds is 5. The zero-order valence-corrected chi connectivity index (χ0v) is 21.8. The van der Waals surface area contributed by atoms with Gasteiger partial charge in [0.15, 0.2) is 0 Å². The molecular weight excluding hydrogens is 498 g/mol. The van der Waals surface area contributed by atoms with E-state index in [9.17, 15) is 13.2 Å². The van der Waals surface area contributed by atoms with Crippen LogP contribution in [0.5, 0.6) is 0 Å². The van der Waals surface area contributed by atoms with E-state index in [1.807, 2.05) is 47.5 Å². The van der Waals surface area contributed by atoms with Gasteiger partial charge in [-0.05, 0) is 47.9 Å². The number of pyridine rings is 2. The lowest BCUT2D eigenvalue weighted by Gasteiger charge is -2.37. The molecule has 2 aliphatic heterocycles. The Morgan fingerprint density at radius 1 is 0.816 bits per heavy atom. The van der Waals surface area contributed by atoms with Gasteiger partial charge in [0.1, 0.15) is 0 Å². The number of fused-ring (bicyclic) bond motifs is 1. The van der Waals surface area contributed by atoms with Crippen molar-refractivity contribution in [2.24, 2.45) is 5.92 Å². The van der Waals surface area contributed by atoms with Gasteiger partial charge in [0.25, 0.3) is 0 Å². The molecule has 1 atom stereocenters. The molecule has 1 amide bonds. The summed E-state index contributed by atoms with van der Waals surface area (Å²) < 4.78 is 28.1. The van der Waals surface area contributed by atoms with Gasteiger partial charge in [0.2, 0.25) is 15.9 Å². The van der Waals surface area contributed by atoms with Crippen LogP contribution in [0.1, 0.15) is 6.42 Å². The number of hydrogen-bond donors (Lipinski definition) is 0. The Kier molecular flexibility index (Phi) is 6.55. The van der Waals surface area contributed by atoms with Gasteiger partial charge in [-0.3, -0.25) is 14.8 Å². The van der Waals surface area contributed by atoms with Crippen LogP contribution in [0.2, 0.25) is 0 Å². The molecule has 2 saturated heterocycles. The first-order valence-corrected chi connectivity index (χ1v) is 14.3. The highest BCUT2D eigenvalue weighted by Gasteiger charge is 2.38. The Balaban J connectivity index is 1.08. The summed E-state index contributed by atoms with van der Waals surface area (Å²) >= 11 is 0. The molecule has 0 radical (unpaired) electrons. The zero-order chi connectivity index (χ0) is 26.1. The van der Waals surface area contributed by atoms with Crippen LogP contribution in [0, 0.1) is 5.92 Å². The van der Waals surface area contributed by atoms with Crippen LogP contribution in [0.3, 0.4) is 0 Å². The molecule has 2 fully saturated rings. The summed E-state index contributed by atoms with van der Waals surface area (Å²) in [5.41, 5.74) is 3.93. The monoisotopic (exact) mass is 527 g/mol. The third-order valence-electron chi connectivity index (χ3n) is 7.55. The fourth-order valence-electron chi connectivity index (χ4n) is 5.43. The summed E-state index contributed by atoms with van der Waals surface area (Å²) in [6, 6.07) is 20.8. The van der Waals surface area contributed by atoms with Crippen molar-refractivity contribution in [3.8, 4) is 11.1 Å². The molecular formula is C29H29N5O3S. The minimum atomic E-state index is -3.67. The fourth-order valence-corrected chi connectivity index (χ4v) is 6.93. The maximum absolute atomic E-state index is 13.3. The Morgan fingerprint density at radius 3 is 2.37 bits per heavy atom. The van der Waals surface area contributed by atoms with E-state index in [0.29, 0.717) is 26.1 Å². The minimum absolute atomic E-state index is 0.0499. The molecule has 0 bridgehead atoms. The third-order valence-corrected chi connectivity index (χ3v) is 9.42. The summed E-state index contributed by atoms with van der Waals surface area (Å²) in [5, 5.41) is 1.11. The molecule has 0 saturated carbocycles. The number of para-hydroxylation sites is 1. The van der Waals surface area contributed by atoms with Crippen LogP contribution in [0.4, 0.5) is 5.69 Å². The number of piperazine rings is 1. The predicted molar refractivity (Wildman–Crippen MR) is 147 cm³/mol. The normalized spacial score (nSPS) is 18.7. The standard InChI is InChI=1S/C29H29N5O3S/c35-29(33-18-16-32(17-19-33)28-11-14-31-27-6-2-1-5-26(27)28)24-12-15-34(21-24)38(36,37)25-9-7-22(8-10-25)23-4-3-13-30-20-23/h1-11,13-14,20,24H,12,15-19,21H2. The van der Waals surface area contributed by atoms with Crippen LogP contribution in [-0.2, 0) is 14.8 Å². The molecule has 38 heavy (non-hydrogen) atoms. The lowest BCUT2D eigenvalue weighted by atomic mass is 10.1. The first-order valence-electron chi connectivity index (χ1n) is 12.9. The van der Waals surface area contributed by atoms with Gasteiger partial charge in [-0.1, -0.05) is 36.4 Å². The van der Waals surface area contributed by atoms with Crippen molar-refractivity contribution in [3.05, 3.63) is 85.3 Å². The molecule has 4 aromatic rings. The summed E-state index contributed by atoms with van der Waals surface area (Å²) in [4.78, 5) is 26.3. The Bertz CT molecular complexity index is 1550. The highest BCUT2D eigenvalue weighted by molar-refractivity contribution is 7.89. The number of anilines is 1. The summed E-state index contributed by atoms with van der Waals surface area (Å²) in [6.45, 7) is 3.28. The quantitative estimate of drug-likeness (QED) is 0.394. The smallest absolute Gasteiger partial charge is 0.243 e. The van der Waals surface area contributed by atoms with Crippen molar-refractivity contribution < 1.29 is 13.2 Å². The van der Waals surface area contributed by atoms with Gasteiger partial charge in [0, 0.05) is 68.9 Å². The average Bonchev–Trinajstić information content (AvgIpc) is 3.49. The van der Waals surface area contributed by atoms with E-state index in [4.69, 9.17) is 0 Å². The third kappa shape index (κ3) is 4.63. The van der Waals surface area contributed by atoms with Crippen LogP contribution in [-0.4, -0.2) is 72.8 Å². The number of aromatic nitrogens is 2. The molecule has 6 rings (SSSR count). The Hall–Kier alpha value is -3.82. The number of amides is 1. The summed E-state index contributed by atoms with van der Waals surface area (Å²) in [7, 11) is -3.67. The molecule has 2 aromatic heterocycles. The summed E-state index contributed by atoms with van der Waals surface area (Å²) in [5.74, 6) is -0.262. The number of nitrogens with zero attached hydrogens (tertiary/aromatic N) is 5. The van der Waals surface area contributed by atoms with E-state index in [1.54, 1.807) is 36.7 Å². The van der Waals surface area contributed by atoms with Crippen molar-refractivity contribution in [2.75, 3.05) is 44.2 Å². The predicted octanol–water partition coefficient (Wildman–Crippen LogP) is 3.66. The molecule has 194 valence electrons. The van der Waals surface area contributed by atoms with Crippen molar-refractivity contribution in [1.82, 2.24) is 19.2 Å². The van der Waals surface area contributed by atoms with Crippen molar-refractivity contribution in [1.29, 1.82) is 0 Å². The lowest BCUT2D eigenvalue weighted by molar-refractivity contribution is -0.135. The van der Waals surface area contributed by atoms with Crippen LogP contribution < -0.4 is 4.90 Å². The maximum Gasteiger partial charge on any atom is 0.243 e. The van der Waals surface area contributed by atoms with Gasteiger partial charge < -0.3 is 9.80 Å². The first kappa shape index (κ1) is 24.5. The Morgan fingerprint density at radius 2 is 1.61 bits per heavy atom. The number of carbonyl (C=O) groups is 1. The first-order chi connectivity index (χ1) is 18.5. The molecule has 4 heterocycles. The van der Waals surface area contributed by atoms with Gasteiger partial charge in [-0.25, -0.2) is 8.42 Å². The highest BCUT2D eigenvalue weighted by atomic mass is 32.2. The van der Waals surface area contributed by atoms with Crippen LogP contribution >= 0.6 is 0 Å². The Labute approximate surface area is 222 Å². The number of carbonyl (C=O) groups excluding carboxylic acids is 1. The summed E-state index contributed by atoms with van der Waals surface area (Å²) in [6.07, 6.45) is 5.82. The molecule has 8 nitrogen and oxygen atoms in total. The largest absolute Gasteiger partial charge is 0.367 e. The molecule has 2 aliphatic rings. The van der Waals surface area contributed by atoms with E-state index in [-0.39, 0.29) is 23.3 Å². The van der Waals surface area contributed by atoms with Crippen molar-refractivity contribution >= 4 is 32.5 Å². The van der Waals surface area contributed by atoms with Crippen LogP contribution in [0.15, 0.2) is 90.2 Å². The van der Waals surface area contributed by atoms with Gasteiger partial charge in [0.05, 0.1) is 16.3 Å². The van der Waals surface area contributed by atoms with Gasteiger partial charge >= 0.3 is 0 Å². The number of hydrogen-bond acceptors (Lipinski definition) is 6. The lowest BCUT2D eigenvalue weighted by Crippen LogP contribution is -2.50. The number of sulfonamides is 1. The van der Waals surface area contributed by atoms with E-state index in [1.165, 1.54) is 4.31 Å². The van der Waals surface area contributed by atoms with Crippen molar-refractivity contribution in [3.63, 3.8) is 0 Å². The maximum atomic E-state index is 13.3. The van der Waals surface area contributed by atoms with E-state index >= 15 is 0 Å². The molecule has 0 N–H and O–H groups in total. The van der Waals surface area contributed by atoms with E-state index in [0.717, 1.165) is 40.8 Å². The molecule has 9 heteroatoms. The zero-order valence-electron chi connectivity index (χ0n) is 21.0. The van der Waals surface area contributed by atoms with E-state index in [2.05, 4.69) is 20.9 Å². The van der Waals surface area contributed by atoms with Gasteiger partial charge in [-0.2, -0.15) is 4.31 Å². The molecule has 1 unspecified atom stereocenters. The second kappa shape index (κ2) is 10.2. The minimum Gasteiger partial charge on any atom is -0.367 e. The van der Waals surface area contributed by atoms with E-state index < -0.39 is 10.0 Å².